The number of rotatable bonds is 3. The van der Waals surface area contributed by atoms with Crippen LogP contribution in [0.5, 0.6) is 5.88 Å². The Hall–Kier alpha value is -2.08. The normalized spacial score (nSPS) is 17.6. The molecule has 0 saturated carbocycles. The summed E-state index contributed by atoms with van der Waals surface area (Å²) in [7, 11) is 3.54. The molecule has 0 fully saturated rings. The molecule has 1 atom stereocenters. The molecule has 0 saturated heterocycles. The zero-order valence-electron chi connectivity index (χ0n) is 11.6. The van der Waals surface area contributed by atoms with Gasteiger partial charge in [-0.25, -0.2) is 9.97 Å². The lowest BCUT2D eigenvalue weighted by Gasteiger charge is -2.23. The summed E-state index contributed by atoms with van der Waals surface area (Å²) in [6.45, 7) is 0. The SMILES string of the molecule is CNC1CCCc2nc(-c3ccc(OC)nn3)ncc21. The van der Waals surface area contributed by atoms with Crippen molar-refractivity contribution in [2.75, 3.05) is 14.2 Å². The van der Waals surface area contributed by atoms with E-state index in [-0.39, 0.29) is 0 Å². The molecule has 0 spiro atoms. The molecule has 0 aromatic carbocycles. The standard InChI is InChI=1S/C14H17N5O/c1-15-10-4-3-5-11-9(10)8-16-14(17-11)12-6-7-13(20-2)19-18-12/h6-8,10,15H,3-5H2,1-2H3. The van der Waals surface area contributed by atoms with Crippen molar-refractivity contribution in [2.24, 2.45) is 0 Å². The van der Waals surface area contributed by atoms with Crippen LogP contribution in [0.25, 0.3) is 11.5 Å². The van der Waals surface area contributed by atoms with Crippen molar-refractivity contribution in [1.29, 1.82) is 0 Å². The molecule has 1 aliphatic carbocycles. The van der Waals surface area contributed by atoms with Crippen molar-refractivity contribution in [2.45, 2.75) is 25.3 Å². The quantitative estimate of drug-likeness (QED) is 0.913. The van der Waals surface area contributed by atoms with Crippen LogP contribution in [0.2, 0.25) is 0 Å². The summed E-state index contributed by atoms with van der Waals surface area (Å²) in [6, 6.07) is 3.95. The Morgan fingerprint density at radius 2 is 2.20 bits per heavy atom. The minimum atomic E-state index is 0.356. The third-order valence-electron chi connectivity index (χ3n) is 3.61. The number of fused-ring (bicyclic) bond motifs is 1. The van der Waals surface area contributed by atoms with E-state index in [1.807, 2.05) is 19.3 Å². The zero-order valence-corrected chi connectivity index (χ0v) is 11.6. The fourth-order valence-electron chi connectivity index (χ4n) is 2.52. The Balaban J connectivity index is 1.95. The average Bonchev–Trinajstić information content (AvgIpc) is 2.53. The Morgan fingerprint density at radius 1 is 1.30 bits per heavy atom. The molecule has 1 aliphatic rings. The summed E-state index contributed by atoms with van der Waals surface area (Å²) in [5, 5.41) is 11.4. The molecule has 1 N–H and O–H groups in total. The van der Waals surface area contributed by atoms with Crippen molar-refractivity contribution in [1.82, 2.24) is 25.5 Å². The number of hydrogen-bond donors (Lipinski definition) is 1. The summed E-state index contributed by atoms with van der Waals surface area (Å²) >= 11 is 0. The van der Waals surface area contributed by atoms with Crippen LogP contribution >= 0.6 is 0 Å². The monoisotopic (exact) mass is 271 g/mol. The molecule has 20 heavy (non-hydrogen) atoms. The molecule has 0 bridgehead atoms. The number of methoxy groups -OCH3 is 1. The Kier molecular flexibility index (Phi) is 3.56. The minimum absolute atomic E-state index is 0.356. The van der Waals surface area contributed by atoms with Crippen LogP contribution in [-0.4, -0.2) is 34.3 Å². The van der Waals surface area contributed by atoms with Crippen LogP contribution in [0.3, 0.4) is 0 Å². The van der Waals surface area contributed by atoms with Gasteiger partial charge in [0.2, 0.25) is 5.88 Å². The van der Waals surface area contributed by atoms with Crippen LogP contribution < -0.4 is 10.1 Å². The Bertz CT molecular complexity index is 599. The molecular formula is C14H17N5O. The second-order valence-electron chi connectivity index (χ2n) is 4.79. The van der Waals surface area contributed by atoms with Crippen molar-refractivity contribution in [3.63, 3.8) is 0 Å². The third kappa shape index (κ3) is 2.34. The summed E-state index contributed by atoms with van der Waals surface area (Å²) in [5.41, 5.74) is 2.97. The van der Waals surface area contributed by atoms with E-state index in [0.717, 1.165) is 25.0 Å². The minimum Gasteiger partial charge on any atom is -0.480 e. The first kappa shape index (κ1) is 12.9. The highest BCUT2D eigenvalue weighted by molar-refractivity contribution is 5.49. The number of hydrogen-bond acceptors (Lipinski definition) is 6. The highest BCUT2D eigenvalue weighted by Crippen LogP contribution is 2.28. The first-order valence-corrected chi connectivity index (χ1v) is 6.73. The maximum Gasteiger partial charge on any atom is 0.233 e. The molecule has 6 nitrogen and oxygen atoms in total. The molecule has 1 unspecified atom stereocenters. The van der Waals surface area contributed by atoms with Crippen LogP contribution in [0, 0.1) is 0 Å². The largest absolute Gasteiger partial charge is 0.480 e. The lowest BCUT2D eigenvalue weighted by molar-refractivity contribution is 0.392. The van der Waals surface area contributed by atoms with Gasteiger partial charge < -0.3 is 10.1 Å². The van der Waals surface area contributed by atoms with E-state index in [4.69, 9.17) is 4.74 Å². The predicted molar refractivity (Wildman–Crippen MR) is 74.3 cm³/mol. The molecule has 0 radical (unpaired) electrons. The van der Waals surface area contributed by atoms with E-state index in [1.54, 1.807) is 13.2 Å². The van der Waals surface area contributed by atoms with Gasteiger partial charge in [0.15, 0.2) is 5.82 Å². The highest BCUT2D eigenvalue weighted by atomic mass is 16.5. The molecule has 3 rings (SSSR count). The second kappa shape index (κ2) is 5.50. The Labute approximate surface area is 117 Å². The molecule has 104 valence electrons. The van der Waals surface area contributed by atoms with E-state index in [0.29, 0.717) is 23.4 Å². The molecule has 0 aliphatic heterocycles. The van der Waals surface area contributed by atoms with Gasteiger partial charge in [-0.05, 0) is 32.4 Å². The van der Waals surface area contributed by atoms with Gasteiger partial charge in [0.05, 0.1) is 7.11 Å². The van der Waals surface area contributed by atoms with Gasteiger partial charge >= 0.3 is 0 Å². The lowest BCUT2D eigenvalue weighted by atomic mass is 9.92. The van der Waals surface area contributed by atoms with E-state index in [2.05, 4.69) is 25.5 Å². The molecule has 2 aromatic rings. The van der Waals surface area contributed by atoms with Crippen LogP contribution in [0.15, 0.2) is 18.3 Å². The number of aromatic nitrogens is 4. The summed E-state index contributed by atoms with van der Waals surface area (Å²) in [4.78, 5) is 9.06. The van der Waals surface area contributed by atoms with Crippen LogP contribution in [-0.2, 0) is 6.42 Å². The number of aryl methyl sites for hydroxylation is 1. The van der Waals surface area contributed by atoms with E-state index in [9.17, 15) is 0 Å². The maximum absolute atomic E-state index is 5.00. The van der Waals surface area contributed by atoms with Crippen molar-refractivity contribution in [3.8, 4) is 17.4 Å². The van der Waals surface area contributed by atoms with Crippen molar-refractivity contribution < 1.29 is 4.74 Å². The maximum atomic E-state index is 5.00. The van der Waals surface area contributed by atoms with Crippen LogP contribution in [0.1, 0.15) is 30.1 Å². The summed E-state index contributed by atoms with van der Waals surface area (Å²) in [6.07, 6.45) is 5.17. The molecular weight excluding hydrogens is 254 g/mol. The van der Waals surface area contributed by atoms with Gasteiger partial charge in [-0.2, -0.15) is 0 Å². The van der Waals surface area contributed by atoms with E-state index < -0.39 is 0 Å². The van der Waals surface area contributed by atoms with Gasteiger partial charge in [-0.3, -0.25) is 0 Å². The van der Waals surface area contributed by atoms with E-state index >= 15 is 0 Å². The summed E-state index contributed by atoms with van der Waals surface area (Å²) in [5.74, 6) is 1.11. The van der Waals surface area contributed by atoms with Crippen molar-refractivity contribution in [3.05, 3.63) is 29.6 Å². The smallest absolute Gasteiger partial charge is 0.233 e. The average molecular weight is 271 g/mol. The zero-order chi connectivity index (χ0) is 13.9. The first-order chi connectivity index (χ1) is 9.81. The molecule has 2 heterocycles. The van der Waals surface area contributed by atoms with Gasteiger partial charge in [0.25, 0.3) is 0 Å². The highest BCUT2D eigenvalue weighted by Gasteiger charge is 2.21. The lowest BCUT2D eigenvalue weighted by Crippen LogP contribution is -2.23. The summed E-state index contributed by atoms with van der Waals surface area (Å²) < 4.78 is 5.00. The number of nitrogens with zero attached hydrogens (tertiary/aromatic N) is 4. The fraction of sp³-hybridized carbons (Fsp3) is 0.429. The topological polar surface area (TPSA) is 72.8 Å². The van der Waals surface area contributed by atoms with Gasteiger partial charge in [-0.1, -0.05) is 0 Å². The van der Waals surface area contributed by atoms with Gasteiger partial charge in [0.1, 0.15) is 5.69 Å². The second-order valence-corrected chi connectivity index (χ2v) is 4.79. The van der Waals surface area contributed by atoms with Gasteiger partial charge in [-0.15, -0.1) is 10.2 Å². The molecule has 6 heteroatoms. The third-order valence-corrected chi connectivity index (χ3v) is 3.61. The Morgan fingerprint density at radius 3 is 2.90 bits per heavy atom. The fourth-order valence-corrected chi connectivity index (χ4v) is 2.52. The molecule has 2 aromatic heterocycles. The molecule has 0 amide bonds. The number of ether oxygens (including phenoxy) is 1. The van der Waals surface area contributed by atoms with Crippen LogP contribution in [0.4, 0.5) is 0 Å². The van der Waals surface area contributed by atoms with E-state index in [1.165, 1.54) is 5.56 Å². The predicted octanol–water partition coefficient (Wildman–Crippen LogP) is 1.54. The van der Waals surface area contributed by atoms with Crippen molar-refractivity contribution >= 4 is 0 Å². The first-order valence-electron chi connectivity index (χ1n) is 6.73. The number of nitrogens with one attached hydrogen (secondary N) is 1. The van der Waals surface area contributed by atoms with Gasteiger partial charge in [0, 0.05) is 29.6 Å².